The summed E-state index contributed by atoms with van der Waals surface area (Å²) < 4.78 is 12.0. The summed E-state index contributed by atoms with van der Waals surface area (Å²) >= 11 is 6.52. The first kappa shape index (κ1) is 27.2. The minimum absolute atomic E-state index is 0.114. The summed E-state index contributed by atoms with van der Waals surface area (Å²) in [5.74, 6) is 0.688. The normalized spacial score (nSPS) is 14.1. The van der Waals surface area contributed by atoms with Crippen LogP contribution in [0.15, 0.2) is 60.8 Å². The molecule has 3 aromatic carbocycles. The molecule has 1 aromatic heterocycles. The molecule has 2 heterocycles. The van der Waals surface area contributed by atoms with Crippen LogP contribution in [-0.2, 0) is 6.61 Å². The average Bonchev–Trinajstić information content (AvgIpc) is 2.94. The Kier molecular flexibility index (Phi) is 8.01. The van der Waals surface area contributed by atoms with Crippen LogP contribution in [0.25, 0.3) is 10.9 Å². The summed E-state index contributed by atoms with van der Waals surface area (Å²) in [5, 5.41) is 25.8. The highest BCUT2D eigenvalue weighted by Gasteiger charge is 2.25. The van der Waals surface area contributed by atoms with Crippen molar-refractivity contribution < 1.29 is 14.4 Å². The third-order valence-electron chi connectivity index (χ3n) is 6.94. The predicted octanol–water partition coefficient (Wildman–Crippen LogP) is 6.77. The number of halogens is 1. The number of anilines is 2. The maximum absolute atomic E-state index is 12.0. The van der Waals surface area contributed by atoms with Crippen molar-refractivity contribution in [2.75, 3.05) is 25.5 Å². The number of fused-ring (bicyclic) bond motifs is 1. The molecule has 0 atom stereocenters. The molecule has 0 aliphatic carbocycles. The molecule has 4 aromatic rings. The molecule has 1 aliphatic rings. The molecule has 0 spiro atoms. The van der Waals surface area contributed by atoms with E-state index in [9.17, 15) is 15.4 Å². The van der Waals surface area contributed by atoms with Crippen molar-refractivity contribution in [3.63, 3.8) is 0 Å². The van der Waals surface area contributed by atoms with Crippen LogP contribution >= 0.6 is 11.6 Å². The summed E-state index contributed by atoms with van der Waals surface area (Å²) in [4.78, 5) is 18.1. The van der Waals surface area contributed by atoms with Crippen molar-refractivity contribution in [2.24, 2.45) is 0 Å². The molecule has 0 bridgehead atoms. The van der Waals surface area contributed by atoms with Crippen molar-refractivity contribution in [1.82, 2.24) is 9.88 Å². The fourth-order valence-corrected chi connectivity index (χ4v) is 4.87. The Labute approximate surface area is 237 Å². The van der Waals surface area contributed by atoms with Crippen LogP contribution in [0.1, 0.15) is 29.5 Å². The van der Waals surface area contributed by atoms with E-state index >= 15 is 0 Å². The molecule has 0 radical (unpaired) electrons. The number of piperidine rings is 1. The van der Waals surface area contributed by atoms with Crippen LogP contribution in [0.4, 0.5) is 17.1 Å². The number of pyridine rings is 1. The van der Waals surface area contributed by atoms with E-state index in [2.05, 4.69) is 21.3 Å². The Balaban J connectivity index is 1.42. The lowest BCUT2D eigenvalue weighted by Gasteiger charge is -2.29. The lowest BCUT2D eigenvalue weighted by molar-refractivity contribution is -0.386. The van der Waals surface area contributed by atoms with Gasteiger partial charge in [0.15, 0.2) is 5.75 Å². The van der Waals surface area contributed by atoms with Crippen molar-refractivity contribution in [3.8, 4) is 17.6 Å². The summed E-state index contributed by atoms with van der Waals surface area (Å²) in [6.45, 7) is 4.12. The first-order valence-corrected chi connectivity index (χ1v) is 13.3. The predicted molar refractivity (Wildman–Crippen MR) is 155 cm³/mol. The molecule has 40 heavy (non-hydrogen) atoms. The Morgan fingerprint density at radius 1 is 1.15 bits per heavy atom. The van der Waals surface area contributed by atoms with E-state index in [1.807, 2.05) is 38.2 Å². The second-order valence-electron chi connectivity index (χ2n) is 9.92. The molecular formula is C30H28ClN5O4. The molecule has 10 heteroatoms. The number of nitro groups is 1. The van der Waals surface area contributed by atoms with Gasteiger partial charge in [0.2, 0.25) is 0 Å². The van der Waals surface area contributed by atoms with Gasteiger partial charge in [-0.3, -0.25) is 15.1 Å². The third kappa shape index (κ3) is 6.09. The zero-order chi connectivity index (χ0) is 28.2. The fourth-order valence-electron chi connectivity index (χ4n) is 4.63. The lowest BCUT2D eigenvalue weighted by atomic mass is 10.1. The van der Waals surface area contributed by atoms with E-state index in [-0.39, 0.29) is 23.1 Å². The van der Waals surface area contributed by atoms with Gasteiger partial charge in [0.25, 0.3) is 0 Å². The summed E-state index contributed by atoms with van der Waals surface area (Å²) in [7, 11) is 2.04. The molecule has 1 N–H and O–H groups in total. The zero-order valence-corrected chi connectivity index (χ0v) is 22.9. The van der Waals surface area contributed by atoms with Crippen LogP contribution in [0.5, 0.6) is 11.5 Å². The van der Waals surface area contributed by atoms with Gasteiger partial charge in [0.05, 0.1) is 26.7 Å². The first-order chi connectivity index (χ1) is 19.3. The molecule has 204 valence electrons. The van der Waals surface area contributed by atoms with E-state index in [0.717, 1.165) is 31.5 Å². The van der Waals surface area contributed by atoms with Gasteiger partial charge in [0.1, 0.15) is 24.5 Å². The minimum atomic E-state index is -0.469. The van der Waals surface area contributed by atoms with Gasteiger partial charge >= 0.3 is 5.69 Å². The van der Waals surface area contributed by atoms with E-state index in [4.69, 9.17) is 21.1 Å². The second kappa shape index (κ2) is 11.8. The topological polar surface area (TPSA) is 114 Å². The van der Waals surface area contributed by atoms with Crippen LogP contribution in [-0.4, -0.2) is 41.0 Å². The number of aromatic nitrogens is 1. The monoisotopic (exact) mass is 557 g/mol. The van der Waals surface area contributed by atoms with E-state index < -0.39 is 4.92 Å². The van der Waals surface area contributed by atoms with E-state index in [0.29, 0.717) is 39.7 Å². The molecule has 0 unspecified atom stereocenters. The number of likely N-dealkylation sites (tertiary alicyclic amines) is 1. The largest absolute Gasteiger partial charge is 0.487 e. The minimum Gasteiger partial charge on any atom is -0.487 e. The smallest absolute Gasteiger partial charge is 0.311 e. The number of rotatable bonds is 8. The summed E-state index contributed by atoms with van der Waals surface area (Å²) in [6.07, 6.45) is 2.89. The Bertz CT molecular complexity index is 1600. The van der Waals surface area contributed by atoms with E-state index in [1.165, 1.54) is 17.8 Å². The standard InChI is InChI=1S/C30H28ClN5O4/c1-19-3-5-20(6-4-19)18-39-28-8-7-22(13-25(28)31)34-30-21(16-32)17-33-26-15-29(27(36(37)38)14-24(26)30)40-23-9-11-35(2)12-10-23/h3-8,13-15,17,23H,9-12,18H2,1-2H3,(H,33,34). The zero-order valence-electron chi connectivity index (χ0n) is 22.2. The Hall–Kier alpha value is -4.39. The number of nitro benzene ring substituents is 1. The highest BCUT2D eigenvalue weighted by Crippen LogP contribution is 2.39. The maximum Gasteiger partial charge on any atom is 0.311 e. The number of nitriles is 1. The molecule has 9 nitrogen and oxygen atoms in total. The van der Waals surface area contributed by atoms with Gasteiger partial charge in [0, 0.05) is 42.5 Å². The number of hydrogen-bond donors (Lipinski definition) is 1. The summed E-state index contributed by atoms with van der Waals surface area (Å²) in [5.41, 5.74) is 3.71. The van der Waals surface area contributed by atoms with Crippen LogP contribution in [0.2, 0.25) is 5.02 Å². The third-order valence-corrected chi connectivity index (χ3v) is 7.24. The second-order valence-corrected chi connectivity index (χ2v) is 10.3. The van der Waals surface area contributed by atoms with Crippen molar-refractivity contribution in [1.29, 1.82) is 5.26 Å². The molecule has 1 aliphatic heterocycles. The van der Waals surface area contributed by atoms with Gasteiger partial charge in [-0.05, 0) is 50.6 Å². The van der Waals surface area contributed by atoms with Crippen molar-refractivity contribution in [2.45, 2.75) is 32.5 Å². The molecule has 0 saturated carbocycles. The summed E-state index contributed by atoms with van der Waals surface area (Å²) in [6, 6.07) is 18.4. The van der Waals surface area contributed by atoms with E-state index in [1.54, 1.807) is 24.3 Å². The van der Waals surface area contributed by atoms with Crippen LogP contribution < -0.4 is 14.8 Å². The molecule has 0 amide bonds. The fraction of sp³-hybridized carbons (Fsp3) is 0.267. The Morgan fingerprint density at radius 2 is 1.90 bits per heavy atom. The number of hydrogen-bond acceptors (Lipinski definition) is 8. The number of nitrogens with zero attached hydrogens (tertiary/aromatic N) is 4. The van der Waals surface area contributed by atoms with Crippen molar-refractivity contribution in [3.05, 3.63) is 92.6 Å². The molecule has 1 saturated heterocycles. The van der Waals surface area contributed by atoms with Crippen molar-refractivity contribution >= 4 is 39.6 Å². The van der Waals surface area contributed by atoms with Crippen LogP contribution in [0, 0.1) is 28.4 Å². The Morgan fingerprint density at radius 3 is 2.58 bits per heavy atom. The van der Waals surface area contributed by atoms with Gasteiger partial charge in [-0.2, -0.15) is 5.26 Å². The van der Waals surface area contributed by atoms with Gasteiger partial charge in [-0.15, -0.1) is 0 Å². The quantitative estimate of drug-likeness (QED) is 0.186. The lowest BCUT2D eigenvalue weighted by Crippen LogP contribution is -2.35. The highest BCUT2D eigenvalue weighted by molar-refractivity contribution is 6.32. The van der Waals surface area contributed by atoms with Gasteiger partial charge in [-0.1, -0.05) is 41.4 Å². The van der Waals surface area contributed by atoms with Gasteiger partial charge < -0.3 is 19.7 Å². The van der Waals surface area contributed by atoms with Crippen LogP contribution in [0.3, 0.4) is 0 Å². The number of aryl methyl sites for hydroxylation is 1. The average molecular weight is 558 g/mol. The molecule has 5 rings (SSSR count). The number of ether oxygens (including phenoxy) is 2. The van der Waals surface area contributed by atoms with Gasteiger partial charge in [-0.25, -0.2) is 0 Å². The first-order valence-electron chi connectivity index (χ1n) is 12.9. The number of benzene rings is 3. The SMILES string of the molecule is Cc1ccc(COc2ccc(Nc3c(C#N)cnc4cc(OC5CCN(C)CC5)c([N+](=O)[O-])cc34)cc2Cl)cc1. The molecular weight excluding hydrogens is 530 g/mol. The highest BCUT2D eigenvalue weighted by atomic mass is 35.5. The molecule has 1 fully saturated rings. The number of nitrogens with one attached hydrogen (secondary N) is 1. The maximum atomic E-state index is 12.0.